The molecule has 3 heterocycles. The van der Waals surface area contributed by atoms with E-state index in [1.54, 1.807) is 29.7 Å². The fourth-order valence-corrected chi connectivity index (χ4v) is 5.75. The van der Waals surface area contributed by atoms with Crippen LogP contribution >= 0.6 is 11.3 Å². The molecule has 5 nitrogen and oxygen atoms in total. The van der Waals surface area contributed by atoms with Gasteiger partial charge in [-0.2, -0.15) is 0 Å². The summed E-state index contributed by atoms with van der Waals surface area (Å²) in [5, 5.41) is 2.89. The van der Waals surface area contributed by atoms with Crippen molar-refractivity contribution in [1.82, 2.24) is 14.6 Å². The van der Waals surface area contributed by atoms with Crippen LogP contribution in [-0.2, 0) is 10.0 Å². The van der Waals surface area contributed by atoms with E-state index >= 15 is 0 Å². The van der Waals surface area contributed by atoms with E-state index in [2.05, 4.69) is 20.7 Å². The van der Waals surface area contributed by atoms with Crippen LogP contribution in [0.25, 0.3) is 10.9 Å². The maximum atomic E-state index is 13.1. The maximum absolute atomic E-state index is 13.1. The number of rotatable bonds is 6. The number of aryl methyl sites for hydroxylation is 1. The standard InChI is InChI=1S/C20H23N3O2S2/c1-15-12-16-6-4-8-19(20(16)21-13-15)27(24,25)22-14-17(18-7-5-11-26-18)23-9-2-3-10-23/h4-8,11-13,17,22H,2-3,9-10,14H2,1H3. The predicted octanol–water partition coefficient (Wildman–Crippen LogP) is 3.72. The molecule has 142 valence electrons. The molecule has 1 aliphatic rings. The second-order valence-corrected chi connectivity index (χ2v) is 9.68. The Morgan fingerprint density at radius 3 is 2.78 bits per heavy atom. The number of fused-ring (bicyclic) bond motifs is 1. The molecule has 4 rings (SSSR count). The van der Waals surface area contributed by atoms with Crippen molar-refractivity contribution in [2.75, 3.05) is 19.6 Å². The Balaban J connectivity index is 1.61. The number of nitrogens with one attached hydrogen (secondary N) is 1. The predicted molar refractivity (Wildman–Crippen MR) is 110 cm³/mol. The number of sulfonamides is 1. The zero-order chi connectivity index (χ0) is 18.9. The summed E-state index contributed by atoms with van der Waals surface area (Å²) < 4.78 is 29.0. The van der Waals surface area contributed by atoms with Gasteiger partial charge in [0, 0.05) is 23.0 Å². The summed E-state index contributed by atoms with van der Waals surface area (Å²) in [7, 11) is -3.65. The van der Waals surface area contributed by atoms with Gasteiger partial charge in [-0.15, -0.1) is 11.3 Å². The van der Waals surface area contributed by atoms with Crippen LogP contribution < -0.4 is 4.72 Å². The van der Waals surface area contributed by atoms with E-state index in [1.165, 1.54) is 17.7 Å². The van der Waals surface area contributed by atoms with Crippen molar-refractivity contribution < 1.29 is 8.42 Å². The molecule has 0 radical (unpaired) electrons. The topological polar surface area (TPSA) is 62.3 Å². The van der Waals surface area contributed by atoms with Gasteiger partial charge in [-0.25, -0.2) is 13.1 Å². The fourth-order valence-electron chi connectivity index (χ4n) is 3.67. The highest BCUT2D eigenvalue weighted by atomic mass is 32.2. The van der Waals surface area contributed by atoms with Crippen molar-refractivity contribution in [3.05, 3.63) is 58.4 Å². The number of para-hydroxylation sites is 1. The van der Waals surface area contributed by atoms with Crippen LogP contribution in [0.5, 0.6) is 0 Å². The molecule has 2 aromatic heterocycles. The lowest BCUT2D eigenvalue weighted by Crippen LogP contribution is -2.36. The lowest BCUT2D eigenvalue weighted by atomic mass is 10.2. The van der Waals surface area contributed by atoms with Crippen molar-refractivity contribution >= 4 is 32.3 Å². The molecule has 0 saturated carbocycles. The Bertz CT molecular complexity index is 1030. The van der Waals surface area contributed by atoms with E-state index in [-0.39, 0.29) is 10.9 Å². The highest BCUT2D eigenvalue weighted by Crippen LogP contribution is 2.29. The summed E-state index contributed by atoms with van der Waals surface area (Å²) in [6.07, 6.45) is 4.04. The smallest absolute Gasteiger partial charge is 0.242 e. The molecule has 1 fully saturated rings. The van der Waals surface area contributed by atoms with E-state index in [4.69, 9.17) is 0 Å². The molecule has 3 aromatic rings. The van der Waals surface area contributed by atoms with Gasteiger partial charge in [0.05, 0.1) is 11.6 Å². The molecule has 0 amide bonds. The zero-order valence-electron chi connectivity index (χ0n) is 15.3. The van der Waals surface area contributed by atoms with Gasteiger partial charge in [0.25, 0.3) is 0 Å². The number of thiophene rings is 1. The van der Waals surface area contributed by atoms with Gasteiger partial charge in [0.15, 0.2) is 0 Å². The first kappa shape index (κ1) is 18.6. The van der Waals surface area contributed by atoms with Crippen molar-refractivity contribution in [2.45, 2.75) is 30.7 Å². The summed E-state index contributed by atoms with van der Waals surface area (Å²) in [5.41, 5.74) is 1.53. The van der Waals surface area contributed by atoms with Crippen LogP contribution in [0.3, 0.4) is 0 Å². The van der Waals surface area contributed by atoms with Gasteiger partial charge in [-0.05, 0) is 62.0 Å². The number of aromatic nitrogens is 1. The van der Waals surface area contributed by atoms with Gasteiger partial charge in [0.1, 0.15) is 4.90 Å². The molecule has 0 spiro atoms. The average Bonchev–Trinajstić information content (AvgIpc) is 3.35. The molecule has 1 aromatic carbocycles. The summed E-state index contributed by atoms with van der Waals surface area (Å²) in [6.45, 7) is 4.34. The van der Waals surface area contributed by atoms with Crippen LogP contribution in [-0.4, -0.2) is 37.9 Å². The number of likely N-dealkylation sites (tertiary alicyclic amines) is 1. The van der Waals surface area contributed by atoms with E-state index in [0.717, 1.165) is 24.0 Å². The number of hydrogen-bond acceptors (Lipinski definition) is 5. The third kappa shape index (κ3) is 3.91. The third-order valence-electron chi connectivity index (χ3n) is 5.02. The highest BCUT2D eigenvalue weighted by molar-refractivity contribution is 7.89. The van der Waals surface area contributed by atoms with Crippen molar-refractivity contribution in [3.63, 3.8) is 0 Å². The lowest BCUT2D eigenvalue weighted by Gasteiger charge is -2.27. The molecule has 1 unspecified atom stereocenters. The molecule has 0 bridgehead atoms. The first-order valence-corrected chi connectivity index (χ1v) is 11.5. The number of nitrogens with zero attached hydrogens (tertiary/aromatic N) is 2. The average molecular weight is 402 g/mol. The fraction of sp³-hybridized carbons (Fsp3) is 0.350. The summed E-state index contributed by atoms with van der Waals surface area (Å²) in [6, 6.07) is 11.4. The molecule has 1 N–H and O–H groups in total. The molecular weight excluding hydrogens is 378 g/mol. The van der Waals surface area contributed by atoms with Crippen LogP contribution in [0.2, 0.25) is 0 Å². The minimum Gasteiger partial charge on any atom is -0.294 e. The van der Waals surface area contributed by atoms with E-state index in [1.807, 2.05) is 30.5 Å². The monoisotopic (exact) mass is 401 g/mol. The Morgan fingerprint density at radius 2 is 2.04 bits per heavy atom. The van der Waals surface area contributed by atoms with Crippen LogP contribution in [0.4, 0.5) is 0 Å². The quantitative estimate of drug-likeness (QED) is 0.684. The van der Waals surface area contributed by atoms with E-state index in [9.17, 15) is 8.42 Å². The van der Waals surface area contributed by atoms with Gasteiger partial charge in [-0.3, -0.25) is 9.88 Å². The second kappa shape index (κ2) is 7.67. The summed E-state index contributed by atoms with van der Waals surface area (Å²) in [4.78, 5) is 8.19. The molecule has 7 heteroatoms. The Labute approximate surface area is 164 Å². The third-order valence-corrected chi connectivity index (χ3v) is 7.45. The minimum atomic E-state index is -3.65. The van der Waals surface area contributed by atoms with Crippen LogP contribution in [0.1, 0.15) is 29.3 Å². The summed E-state index contributed by atoms with van der Waals surface area (Å²) >= 11 is 1.68. The number of hydrogen-bond donors (Lipinski definition) is 1. The normalized spacial score (nSPS) is 16.8. The van der Waals surface area contributed by atoms with Crippen LogP contribution in [0, 0.1) is 6.92 Å². The van der Waals surface area contributed by atoms with Gasteiger partial charge in [0.2, 0.25) is 10.0 Å². The van der Waals surface area contributed by atoms with Gasteiger partial charge < -0.3 is 0 Å². The molecule has 27 heavy (non-hydrogen) atoms. The van der Waals surface area contributed by atoms with Gasteiger partial charge >= 0.3 is 0 Å². The van der Waals surface area contributed by atoms with Crippen LogP contribution in [0.15, 0.2) is 52.9 Å². The van der Waals surface area contributed by atoms with Crippen molar-refractivity contribution in [2.24, 2.45) is 0 Å². The Morgan fingerprint density at radius 1 is 1.22 bits per heavy atom. The van der Waals surface area contributed by atoms with Crippen molar-refractivity contribution in [1.29, 1.82) is 0 Å². The van der Waals surface area contributed by atoms with Crippen molar-refractivity contribution in [3.8, 4) is 0 Å². The zero-order valence-corrected chi connectivity index (χ0v) is 16.9. The minimum absolute atomic E-state index is 0.0763. The molecule has 1 aliphatic heterocycles. The lowest BCUT2D eigenvalue weighted by molar-refractivity contribution is 0.250. The Hall–Kier alpha value is -1.80. The molecule has 1 saturated heterocycles. The molecule has 0 aliphatic carbocycles. The molecule has 1 atom stereocenters. The number of benzene rings is 1. The van der Waals surface area contributed by atoms with E-state index < -0.39 is 10.0 Å². The van der Waals surface area contributed by atoms with Gasteiger partial charge in [-0.1, -0.05) is 18.2 Å². The highest BCUT2D eigenvalue weighted by Gasteiger charge is 2.27. The largest absolute Gasteiger partial charge is 0.294 e. The Kier molecular flexibility index (Phi) is 5.27. The molecular formula is C20H23N3O2S2. The first-order valence-electron chi connectivity index (χ1n) is 9.17. The number of pyridine rings is 1. The SMILES string of the molecule is Cc1cnc2c(S(=O)(=O)NCC(c3cccs3)N3CCCC3)cccc2c1. The first-order chi connectivity index (χ1) is 13.0. The van der Waals surface area contributed by atoms with E-state index in [0.29, 0.717) is 12.1 Å². The maximum Gasteiger partial charge on any atom is 0.242 e. The summed E-state index contributed by atoms with van der Waals surface area (Å²) in [5.74, 6) is 0. The second-order valence-electron chi connectivity index (χ2n) is 6.97.